The summed E-state index contributed by atoms with van der Waals surface area (Å²) in [4.78, 5) is 4.44. The van der Waals surface area contributed by atoms with Crippen LogP contribution in [-0.2, 0) is 6.42 Å². The van der Waals surface area contributed by atoms with Gasteiger partial charge in [0.2, 0.25) is 0 Å². The van der Waals surface area contributed by atoms with Gasteiger partial charge in [-0.1, -0.05) is 52.0 Å². The van der Waals surface area contributed by atoms with Gasteiger partial charge in [0.05, 0.1) is 0 Å². The maximum absolute atomic E-state index is 4.44. The molecule has 1 N–H and O–H groups in total. The second-order valence-electron chi connectivity index (χ2n) is 6.69. The third kappa shape index (κ3) is 4.09. The van der Waals surface area contributed by atoms with Crippen LogP contribution in [0.3, 0.4) is 0 Å². The zero-order valence-electron chi connectivity index (χ0n) is 14.4. The number of benzene rings is 1. The Morgan fingerprint density at radius 3 is 2.00 bits per heavy atom. The van der Waals surface area contributed by atoms with Gasteiger partial charge in [0.25, 0.3) is 0 Å². The highest BCUT2D eigenvalue weighted by Crippen LogP contribution is 2.33. The number of hydrogen-bond acceptors (Lipinski definition) is 2. The van der Waals surface area contributed by atoms with Crippen molar-refractivity contribution in [2.75, 3.05) is 5.32 Å². The maximum atomic E-state index is 4.44. The van der Waals surface area contributed by atoms with Crippen molar-refractivity contribution in [2.24, 2.45) is 0 Å². The van der Waals surface area contributed by atoms with Crippen molar-refractivity contribution >= 4 is 5.69 Å². The predicted octanol–water partition coefficient (Wildman–Crippen LogP) is 5.37. The summed E-state index contributed by atoms with van der Waals surface area (Å²) in [5.74, 6) is 1.03. The van der Waals surface area contributed by atoms with Crippen LogP contribution in [0.4, 0.5) is 5.69 Å². The molecule has 0 radical (unpaired) electrons. The van der Waals surface area contributed by atoms with Crippen LogP contribution in [0.25, 0.3) is 0 Å². The summed E-state index contributed by atoms with van der Waals surface area (Å²) >= 11 is 0. The Bertz CT molecular complexity index is 562. The van der Waals surface area contributed by atoms with Gasteiger partial charge in [-0.05, 0) is 42.0 Å². The predicted molar refractivity (Wildman–Crippen MR) is 95.6 cm³/mol. The van der Waals surface area contributed by atoms with Gasteiger partial charge >= 0.3 is 0 Å². The molecule has 0 fully saturated rings. The summed E-state index contributed by atoms with van der Waals surface area (Å²) in [5, 5.41) is 3.75. The molecule has 2 heteroatoms. The van der Waals surface area contributed by atoms with E-state index in [0.29, 0.717) is 17.9 Å². The Hall–Kier alpha value is -1.83. The number of hydrogen-bond donors (Lipinski definition) is 1. The molecule has 0 aliphatic rings. The van der Waals surface area contributed by atoms with Crippen molar-refractivity contribution in [1.29, 1.82) is 0 Å². The molecule has 0 amide bonds. The standard InChI is InChI=1S/C20H28N2/c1-14(2)18-10-8-11-19(15(3)4)20(18)22-16(5)13-17-9-6-7-12-21-17/h6-12,14-16,22H,13H2,1-5H3. The normalized spacial score (nSPS) is 12.7. The van der Waals surface area contributed by atoms with Crippen LogP contribution in [0.1, 0.15) is 63.3 Å². The average Bonchev–Trinajstić information content (AvgIpc) is 2.47. The lowest BCUT2D eigenvalue weighted by Crippen LogP contribution is -2.21. The number of para-hydroxylation sites is 1. The van der Waals surface area contributed by atoms with Gasteiger partial charge in [-0.15, -0.1) is 0 Å². The van der Waals surface area contributed by atoms with Crippen molar-refractivity contribution in [3.05, 3.63) is 59.4 Å². The van der Waals surface area contributed by atoms with Gasteiger partial charge in [0.1, 0.15) is 0 Å². The molecule has 0 spiro atoms. The van der Waals surface area contributed by atoms with Crippen molar-refractivity contribution in [1.82, 2.24) is 4.98 Å². The summed E-state index contributed by atoms with van der Waals surface area (Å²) in [6.45, 7) is 11.3. The van der Waals surface area contributed by atoms with E-state index >= 15 is 0 Å². The molecule has 0 aliphatic carbocycles. The van der Waals surface area contributed by atoms with Crippen LogP contribution in [-0.4, -0.2) is 11.0 Å². The van der Waals surface area contributed by atoms with Crippen molar-refractivity contribution in [2.45, 2.75) is 58.9 Å². The second kappa shape index (κ2) is 7.44. The van der Waals surface area contributed by atoms with Gasteiger partial charge in [0, 0.05) is 30.0 Å². The van der Waals surface area contributed by atoms with E-state index in [9.17, 15) is 0 Å². The Balaban J connectivity index is 2.23. The quantitative estimate of drug-likeness (QED) is 0.775. The molecule has 22 heavy (non-hydrogen) atoms. The van der Waals surface area contributed by atoms with Crippen molar-refractivity contribution in [3.8, 4) is 0 Å². The Morgan fingerprint density at radius 2 is 1.50 bits per heavy atom. The molecule has 1 aromatic carbocycles. The lowest BCUT2D eigenvalue weighted by Gasteiger charge is -2.24. The van der Waals surface area contributed by atoms with Crippen molar-refractivity contribution in [3.63, 3.8) is 0 Å². The van der Waals surface area contributed by atoms with E-state index in [1.54, 1.807) is 0 Å². The minimum atomic E-state index is 0.354. The fraction of sp³-hybridized carbons (Fsp3) is 0.450. The number of pyridine rings is 1. The summed E-state index contributed by atoms with van der Waals surface area (Å²) in [6.07, 6.45) is 2.80. The van der Waals surface area contributed by atoms with Gasteiger partial charge in [-0.25, -0.2) is 0 Å². The lowest BCUT2D eigenvalue weighted by molar-refractivity contribution is 0.754. The van der Waals surface area contributed by atoms with Crippen LogP contribution in [0.5, 0.6) is 0 Å². The summed E-state index contributed by atoms with van der Waals surface area (Å²) in [5.41, 5.74) is 5.25. The van der Waals surface area contributed by atoms with Crippen molar-refractivity contribution < 1.29 is 0 Å². The molecule has 0 aliphatic heterocycles. The monoisotopic (exact) mass is 296 g/mol. The topological polar surface area (TPSA) is 24.9 Å². The van der Waals surface area contributed by atoms with E-state index in [1.165, 1.54) is 16.8 Å². The Morgan fingerprint density at radius 1 is 0.864 bits per heavy atom. The molecule has 0 bridgehead atoms. The first kappa shape index (κ1) is 16.5. The zero-order chi connectivity index (χ0) is 16.1. The highest BCUT2D eigenvalue weighted by atomic mass is 14.9. The minimum absolute atomic E-state index is 0.354. The third-order valence-corrected chi connectivity index (χ3v) is 4.01. The molecular weight excluding hydrogens is 268 g/mol. The first-order valence-corrected chi connectivity index (χ1v) is 8.28. The molecule has 2 rings (SSSR count). The summed E-state index contributed by atoms with van der Waals surface area (Å²) in [7, 11) is 0. The van der Waals surface area contributed by atoms with Gasteiger partial charge in [-0.2, -0.15) is 0 Å². The van der Waals surface area contributed by atoms with E-state index in [-0.39, 0.29) is 0 Å². The first-order valence-electron chi connectivity index (χ1n) is 8.28. The SMILES string of the molecule is CC(Cc1ccccn1)Nc1c(C(C)C)cccc1C(C)C. The molecule has 1 unspecified atom stereocenters. The first-order chi connectivity index (χ1) is 10.5. The highest BCUT2D eigenvalue weighted by Gasteiger charge is 2.15. The maximum Gasteiger partial charge on any atom is 0.0423 e. The van der Waals surface area contributed by atoms with E-state index in [0.717, 1.165) is 12.1 Å². The number of anilines is 1. The number of aromatic nitrogens is 1. The van der Waals surface area contributed by atoms with Crippen LogP contribution in [0, 0.1) is 0 Å². The average molecular weight is 296 g/mol. The summed E-state index contributed by atoms with van der Waals surface area (Å²) in [6, 6.07) is 13.1. The van der Waals surface area contributed by atoms with E-state index in [4.69, 9.17) is 0 Å². The second-order valence-corrected chi connectivity index (χ2v) is 6.69. The Kier molecular flexibility index (Phi) is 5.59. The van der Waals surface area contributed by atoms with Crippen LogP contribution in [0.15, 0.2) is 42.6 Å². The lowest BCUT2D eigenvalue weighted by atomic mass is 9.92. The van der Waals surface area contributed by atoms with Crippen LogP contribution >= 0.6 is 0 Å². The molecule has 1 aromatic heterocycles. The molecule has 118 valence electrons. The van der Waals surface area contributed by atoms with Gasteiger partial charge in [-0.3, -0.25) is 4.98 Å². The molecule has 1 heterocycles. The number of nitrogens with zero attached hydrogens (tertiary/aromatic N) is 1. The molecule has 2 nitrogen and oxygen atoms in total. The molecule has 1 atom stereocenters. The number of nitrogens with one attached hydrogen (secondary N) is 1. The van der Waals surface area contributed by atoms with Crippen LogP contribution < -0.4 is 5.32 Å². The van der Waals surface area contributed by atoms with Gasteiger partial charge < -0.3 is 5.32 Å². The van der Waals surface area contributed by atoms with E-state index in [1.807, 2.05) is 12.3 Å². The largest absolute Gasteiger partial charge is 0.382 e. The molecule has 0 saturated heterocycles. The fourth-order valence-electron chi connectivity index (χ4n) is 2.85. The van der Waals surface area contributed by atoms with E-state index < -0.39 is 0 Å². The molecule has 2 aromatic rings. The minimum Gasteiger partial charge on any atom is -0.382 e. The molecular formula is C20H28N2. The third-order valence-electron chi connectivity index (χ3n) is 4.01. The Labute approximate surface area is 135 Å². The van der Waals surface area contributed by atoms with Gasteiger partial charge in [0.15, 0.2) is 0 Å². The number of rotatable bonds is 6. The zero-order valence-corrected chi connectivity index (χ0v) is 14.4. The highest BCUT2D eigenvalue weighted by molar-refractivity contribution is 5.60. The van der Waals surface area contributed by atoms with E-state index in [2.05, 4.69) is 75.3 Å². The summed E-state index contributed by atoms with van der Waals surface area (Å²) < 4.78 is 0. The molecule has 0 saturated carbocycles. The van der Waals surface area contributed by atoms with Crippen LogP contribution in [0.2, 0.25) is 0 Å². The fourth-order valence-corrected chi connectivity index (χ4v) is 2.85. The smallest absolute Gasteiger partial charge is 0.0423 e.